The lowest BCUT2D eigenvalue weighted by molar-refractivity contribution is 0.416. The minimum absolute atomic E-state index is 0.0980. The summed E-state index contributed by atoms with van der Waals surface area (Å²) in [5, 5.41) is 0. The third-order valence-corrected chi connectivity index (χ3v) is 3.03. The van der Waals surface area contributed by atoms with Crippen molar-refractivity contribution in [2.75, 3.05) is 12.8 Å². The van der Waals surface area contributed by atoms with Crippen molar-refractivity contribution in [2.45, 2.75) is 4.90 Å². The maximum absolute atomic E-state index is 11.6. The van der Waals surface area contributed by atoms with Crippen molar-refractivity contribution in [2.24, 2.45) is 15.9 Å². The van der Waals surface area contributed by atoms with Crippen LogP contribution in [-0.4, -0.2) is 21.5 Å². The van der Waals surface area contributed by atoms with Crippen LogP contribution in [0.3, 0.4) is 0 Å². The van der Waals surface area contributed by atoms with Gasteiger partial charge >= 0.3 is 0 Å². The highest BCUT2D eigenvalue weighted by Gasteiger charge is 2.14. The van der Waals surface area contributed by atoms with E-state index in [2.05, 4.69) is 4.40 Å². The molecule has 0 aliphatic carbocycles. The highest BCUT2D eigenvalue weighted by molar-refractivity contribution is 7.90. The summed E-state index contributed by atoms with van der Waals surface area (Å²) in [5.41, 5.74) is 15.8. The average Bonchev–Trinajstić information content (AvgIpc) is 2.15. The summed E-state index contributed by atoms with van der Waals surface area (Å²) in [5.74, 6) is -0.155. The fourth-order valence-electron chi connectivity index (χ4n) is 1.06. The van der Waals surface area contributed by atoms with Gasteiger partial charge in [0, 0.05) is 0 Å². The van der Waals surface area contributed by atoms with E-state index in [0.29, 0.717) is 5.75 Å². The summed E-state index contributed by atoms with van der Waals surface area (Å²) < 4.78 is 31.1. The van der Waals surface area contributed by atoms with Crippen LogP contribution in [0.2, 0.25) is 0 Å². The van der Waals surface area contributed by atoms with Gasteiger partial charge in [0.1, 0.15) is 5.75 Å². The summed E-state index contributed by atoms with van der Waals surface area (Å²) >= 11 is 0. The van der Waals surface area contributed by atoms with Gasteiger partial charge in [-0.05, 0) is 18.2 Å². The van der Waals surface area contributed by atoms with E-state index in [1.54, 1.807) is 0 Å². The molecule has 88 valence electrons. The summed E-state index contributed by atoms with van der Waals surface area (Å²) in [4.78, 5) is -0.0980. The smallest absolute Gasteiger partial charge is 0.285 e. The van der Waals surface area contributed by atoms with Crippen molar-refractivity contribution in [1.82, 2.24) is 0 Å². The Kier molecular flexibility index (Phi) is 3.23. The lowest BCUT2D eigenvalue weighted by atomic mass is 10.3. The molecule has 8 heteroatoms. The number of ether oxygens (including phenoxy) is 1. The number of nitrogen functional groups attached to an aromatic ring is 1. The molecule has 1 rings (SSSR count). The lowest BCUT2D eigenvalue weighted by Gasteiger charge is -2.05. The molecule has 0 saturated carbocycles. The Morgan fingerprint density at radius 3 is 2.44 bits per heavy atom. The van der Waals surface area contributed by atoms with E-state index in [-0.39, 0.29) is 10.6 Å². The molecule has 7 nitrogen and oxygen atoms in total. The largest absolute Gasteiger partial charge is 0.495 e. The molecule has 0 aromatic heterocycles. The molecule has 0 heterocycles. The zero-order valence-electron chi connectivity index (χ0n) is 8.54. The van der Waals surface area contributed by atoms with E-state index in [9.17, 15) is 8.42 Å². The van der Waals surface area contributed by atoms with Gasteiger partial charge in [0.25, 0.3) is 10.0 Å². The highest BCUT2D eigenvalue weighted by Crippen LogP contribution is 2.25. The molecule has 1 aromatic carbocycles. The van der Waals surface area contributed by atoms with Gasteiger partial charge in [-0.3, -0.25) is 0 Å². The molecule has 0 aliphatic heterocycles. The monoisotopic (exact) mass is 244 g/mol. The first-order chi connectivity index (χ1) is 7.36. The molecule has 6 N–H and O–H groups in total. The third kappa shape index (κ3) is 2.54. The van der Waals surface area contributed by atoms with Crippen LogP contribution in [0.1, 0.15) is 0 Å². The van der Waals surface area contributed by atoms with Crippen LogP contribution in [0.15, 0.2) is 27.5 Å². The molecule has 0 unspecified atom stereocenters. The summed E-state index contributed by atoms with van der Waals surface area (Å²) in [7, 11) is -2.48. The summed E-state index contributed by atoms with van der Waals surface area (Å²) in [6.07, 6.45) is 0. The van der Waals surface area contributed by atoms with E-state index in [1.807, 2.05) is 0 Å². The van der Waals surface area contributed by atoms with Crippen LogP contribution in [0.4, 0.5) is 5.69 Å². The second-order valence-corrected chi connectivity index (χ2v) is 4.50. The molecular weight excluding hydrogens is 232 g/mol. The van der Waals surface area contributed by atoms with Crippen molar-refractivity contribution >= 4 is 21.7 Å². The fourth-order valence-corrected chi connectivity index (χ4v) is 1.96. The van der Waals surface area contributed by atoms with Gasteiger partial charge in [-0.15, -0.1) is 4.40 Å². The fraction of sp³-hybridized carbons (Fsp3) is 0.125. The number of benzene rings is 1. The molecule has 0 saturated heterocycles. The van der Waals surface area contributed by atoms with Crippen LogP contribution >= 0.6 is 0 Å². The Balaban J connectivity index is 3.26. The Morgan fingerprint density at radius 2 is 2.00 bits per heavy atom. The maximum atomic E-state index is 11.6. The SMILES string of the molecule is COc1ccc(S(=O)(=O)N=C(N)N)cc1N. The van der Waals surface area contributed by atoms with Crippen molar-refractivity contribution in [3.63, 3.8) is 0 Å². The minimum Gasteiger partial charge on any atom is -0.495 e. The molecule has 0 aliphatic rings. The van der Waals surface area contributed by atoms with Crippen LogP contribution in [0.25, 0.3) is 0 Å². The second kappa shape index (κ2) is 4.27. The first kappa shape index (κ1) is 12.1. The number of guanidine groups is 1. The first-order valence-electron chi connectivity index (χ1n) is 4.16. The molecule has 0 fully saturated rings. The lowest BCUT2D eigenvalue weighted by Crippen LogP contribution is -2.24. The normalized spacial score (nSPS) is 10.8. The Hall–Kier alpha value is -1.96. The second-order valence-electron chi connectivity index (χ2n) is 2.89. The average molecular weight is 244 g/mol. The highest BCUT2D eigenvalue weighted by atomic mass is 32.2. The number of methoxy groups -OCH3 is 1. The molecule has 0 radical (unpaired) electrons. The topological polar surface area (TPSA) is 134 Å². The van der Waals surface area contributed by atoms with Gasteiger partial charge < -0.3 is 21.9 Å². The molecule has 0 bridgehead atoms. The van der Waals surface area contributed by atoms with Gasteiger partial charge in [0.05, 0.1) is 17.7 Å². The van der Waals surface area contributed by atoms with E-state index in [1.165, 1.54) is 25.3 Å². The molecule has 0 spiro atoms. The van der Waals surface area contributed by atoms with Crippen molar-refractivity contribution in [3.05, 3.63) is 18.2 Å². The van der Waals surface area contributed by atoms with Crippen molar-refractivity contribution in [1.29, 1.82) is 0 Å². The van der Waals surface area contributed by atoms with Gasteiger partial charge in [-0.2, -0.15) is 8.42 Å². The number of hydrogen-bond acceptors (Lipinski definition) is 4. The van der Waals surface area contributed by atoms with E-state index in [0.717, 1.165) is 0 Å². The maximum Gasteiger partial charge on any atom is 0.285 e. The standard InChI is InChI=1S/C8H12N4O3S/c1-15-7-3-2-5(4-6(7)9)16(13,14)12-8(10)11/h2-4H,9H2,1H3,(H4,10,11,12). The van der Waals surface area contributed by atoms with Crippen LogP contribution < -0.4 is 21.9 Å². The van der Waals surface area contributed by atoms with Crippen LogP contribution in [0.5, 0.6) is 5.75 Å². The number of nitrogens with two attached hydrogens (primary N) is 3. The predicted octanol–water partition coefficient (Wildman–Crippen LogP) is -0.760. The van der Waals surface area contributed by atoms with Gasteiger partial charge in [-0.25, -0.2) is 0 Å². The van der Waals surface area contributed by atoms with Gasteiger partial charge in [-0.1, -0.05) is 0 Å². The van der Waals surface area contributed by atoms with Gasteiger partial charge in [0.2, 0.25) is 5.96 Å². The molecular formula is C8H12N4O3S. The van der Waals surface area contributed by atoms with Crippen LogP contribution in [0, 0.1) is 0 Å². The molecule has 16 heavy (non-hydrogen) atoms. The summed E-state index contributed by atoms with van der Waals surface area (Å²) in [6.45, 7) is 0. The quantitative estimate of drug-likeness (QED) is 0.363. The number of nitrogens with zero attached hydrogens (tertiary/aromatic N) is 1. The Labute approximate surface area is 93.0 Å². The number of rotatable bonds is 3. The zero-order valence-corrected chi connectivity index (χ0v) is 9.36. The Morgan fingerprint density at radius 1 is 1.38 bits per heavy atom. The van der Waals surface area contributed by atoms with Gasteiger partial charge in [0.15, 0.2) is 0 Å². The zero-order chi connectivity index (χ0) is 12.3. The number of sulfonamides is 1. The first-order valence-corrected chi connectivity index (χ1v) is 5.60. The number of anilines is 1. The van der Waals surface area contributed by atoms with Crippen molar-refractivity contribution < 1.29 is 13.2 Å². The van der Waals surface area contributed by atoms with Crippen LogP contribution in [-0.2, 0) is 10.0 Å². The van der Waals surface area contributed by atoms with Crippen molar-refractivity contribution in [3.8, 4) is 5.75 Å². The number of hydrogen-bond donors (Lipinski definition) is 3. The Bertz CT molecular complexity index is 520. The third-order valence-electron chi connectivity index (χ3n) is 1.72. The minimum atomic E-state index is -3.90. The van der Waals surface area contributed by atoms with E-state index < -0.39 is 16.0 Å². The molecule has 0 amide bonds. The van der Waals surface area contributed by atoms with E-state index in [4.69, 9.17) is 21.9 Å². The predicted molar refractivity (Wildman–Crippen MR) is 60.4 cm³/mol. The van der Waals surface area contributed by atoms with E-state index >= 15 is 0 Å². The summed E-state index contributed by atoms with van der Waals surface area (Å²) in [6, 6.07) is 3.95. The molecule has 1 aromatic rings. The molecule has 0 atom stereocenters.